The number of carbonyl (C=O) groups is 1. The van der Waals surface area contributed by atoms with Crippen LogP contribution in [0.5, 0.6) is 0 Å². The van der Waals surface area contributed by atoms with Crippen molar-refractivity contribution >= 4 is 97.9 Å². The van der Waals surface area contributed by atoms with Crippen molar-refractivity contribution in [1.29, 1.82) is 0 Å². The van der Waals surface area contributed by atoms with Crippen LogP contribution in [-0.2, 0) is 4.74 Å². The molecular weight excluding hydrogens is 424 g/mol. The Morgan fingerprint density at radius 1 is 0.667 bits per heavy atom. The number of hydrogen-bond donors (Lipinski definition) is 0. The van der Waals surface area contributed by atoms with E-state index in [2.05, 4.69) is 4.74 Å². The molecule has 0 radical (unpaired) electrons. The van der Waals surface area contributed by atoms with E-state index in [1.165, 1.54) is 7.11 Å². The van der Waals surface area contributed by atoms with E-state index in [0.717, 1.165) is 0 Å². The molecule has 0 bridgehead atoms. The highest BCUT2D eigenvalue weighted by Crippen LogP contribution is 2.51. The van der Waals surface area contributed by atoms with Crippen LogP contribution in [0.1, 0.15) is 10.4 Å². The van der Waals surface area contributed by atoms with Gasteiger partial charge in [-0.1, -0.05) is 81.2 Å². The summed E-state index contributed by atoms with van der Waals surface area (Å²) in [6.07, 6.45) is 0. The Hall–Kier alpha value is 0.200. The Morgan fingerprint density at radius 2 is 1.05 bits per heavy atom. The van der Waals surface area contributed by atoms with E-state index in [-0.39, 0.29) is 51.5 Å². The number of esters is 1. The Balaban J connectivity index is 3.15. The summed E-state index contributed by atoms with van der Waals surface area (Å²) in [6, 6.07) is 0. The molecule has 0 saturated carbocycles. The standard InChI is InChI=1S/C12H3Cl7O2/c1-21-12(20)4-5(13)2-3(6(14)9(4)17)8(16)11(19)10(18)7(2)15/h1H3. The highest BCUT2D eigenvalue weighted by molar-refractivity contribution is 6.60. The Morgan fingerprint density at radius 3 is 1.48 bits per heavy atom. The molecule has 112 valence electrons. The van der Waals surface area contributed by atoms with Gasteiger partial charge < -0.3 is 4.74 Å². The maximum Gasteiger partial charge on any atom is 0.340 e. The van der Waals surface area contributed by atoms with Gasteiger partial charge in [0, 0.05) is 10.8 Å². The molecule has 0 saturated heterocycles. The molecule has 0 atom stereocenters. The van der Waals surface area contributed by atoms with Gasteiger partial charge in [-0.15, -0.1) is 0 Å². The maximum absolute atomic E-state index is 11.8. The van der Waals surface area contributed by atoms with E-state index in [0.29, 0.717) is 0 Å². The highest BCUT2D eigenvalue weighted by Gasteiger charge is 2.27. The Bertz CT molecular complexity index is 786. The van der Waals surface area contributed by atoms with Crippen LogP contribution >= 0.6 is 81.2 Å². The third-order valence-electron chi connectivity index (χ3n) is 2.73. The zero-order valence-corrected chi connectivity index (χ0v) is 15.3. The zero-order chi connectivity index (χ0) is 16.1. The van der Waals surface area contributed by atoms with Crippen molar-refractivity contribution in [1.82, 2.24) is 0 Å². The normalized spacial score (nSPS) is 11.0. The molecule has 0 aliphatic heterocycles. The fourth-order valence-electron chi connectivity index (χ4n) is 1.77. The number of fused-ring (bicyclic) bond motifs is 1. The fraction of sp³-hybridized carbons (Fsp3) is 0.0833. The van der Waals surface area contributed by atoms with Gasteiger partial charge in [-0.2, -0.15) is 0 Å². The first-order chi connectivity index (χ1) is 9.73. The lowest BCUT2D eigenvalue weighted by molar-refractivity contribution is 0.0601. The van der Waals surface area contributed by atoms with E-state index in [4.69, 9.17) is 81.2 Å². The lowest BCUT2D eigenvalue weighted by Crippen LogP contribution is -2.04. The van der Waals surface area contributed by atoms with Crippen molar-refractivity contribution in [2.24, 2.45) is 0 Å². The van der Waals surface area contributed by atoms with E-state index in [1.54, 1.807) is 0 Å². The molecule has 0 N–H and O–H groups in total. The van der Waals surface area contributed by atoms with Crippen LogP contribution < -0.4 is 0 Å². The largest absolute Gasteiger partial charge is 0.465 e. The van der Waals surface area contributed by atoms with Gasteiger partial charge in [-0.25, -0.2) is 4.79 Å². The summed E-state index contributed by atoms with van der Waals surface area (Å²) in [5.41, 5.74) is -0.130. The third-order valence-corrected chi connectivity index (χ3v) is 5.76. The molecule has 0 aromatic heterocycles. The summed E-state index contributed by atoms with van der Waals surface area (Å²) in [4.78, 5) is 11.8. The second kappa shape index (κ2) is 6.37. The summed E-state index contributed by atoms with van der Waals surface area (Å²) in [7, 11) is 1.18. The van der Waals surface area contributed by atoms with Gasteiger partial charge in [0.05, 0.1) is 47.8 Å². The topological polar surface area (TPSA) is 26.3 Å². The van der Waals surface area contributed by atoms with E-state index in [9.17, 15) is 4.79 Å². The van der Waals surface area contributed by atoms with Gasteiger partial charge in [-0.3, -0.25) is 0 Å². The molecule has 0 fully saturated rings. The number of carbonyl (C=O) groups excluding carboxylic acids is 1. The van der Waals surface area contributed by atoms with Crippen LogP contribution in [0, 0.1) is 0 Å². The van der Waals surface area contributed by atoms with Gasteiger partial charge >= 0.3 is 5.97 Å². The number of hydrogen-bond acceptors (Lipinski definition) is 2. The van der Waals surface area contributed by atoms with Crippen molar-refractivity contribution < 1.29 is 9.53 Å². The predicted octanol–water partition coefficient (Wildman–Crippen LogP) is 7.20. The first-order valence-corrected chi connectivity index (χ1v) is 7.79. The minimum absolute atomic E-state index is 0.00746. The predicted molar refractivity (Wildman–Crippen MR) is 90.4 cm³/mol. The minimum Gasteiger partial charge on any atom is -0.465 e. The molecular formula is C12H3Cl7O2. The third kappa shape index (κ3) is 2.66. The fourth-order valence-corrected chi connectivity index (χ4v) is 3.86. The second-order valence-electron chi connectivity index (χ2n) is 3.81. The van der Waals surface area contributed by atoms with Crippen LogP contribution in [0.15, 0.2) is 0 Å². The van der Waals surface area contributed by atoms with Gasteiger partial charge in [0.15, 0.2) is 0 Å². The molecule has 0 heterocycles. The van der Waals surface area contributed by atoms with Crippen molar-refractivity contribution in [3.8, 4) is 0 Å². The molecule has 0 aliphatic carbocycles. The summed E-state index contributed by atoms with van der Waals surface area (Å²) in [5.74, 6) is -0.771. The summed E-state index contributed by atoms with van der Waals surface area (Å²) in [6.45, 7) is 0. The average molecular weight is 427 g/mol. The highest BCUT2D eigenvalue weighted by atomic mass is 35.5. The van der Waals surface area contributed by atoms with E-state index in [1.807, 2.05) is 0 Å². The molecule has 9 heteroatoms. The first-order valence-electron chi connectivity index (χ1n) is 5.14. The van der Waals surface area contributed by atoms with Crippen molar-refractivity contribution in [3.63, 3.8) is 0 Å². The van der Waals surface area contributed by atoms with E-state index < -0.39 is 5.97 Å². The molecule has 2 aromatic rings. The van der Waals surface area contributed by atoms with Crippen LogP contribution in [-0.4, -0.2) is 13.1 Å². The summed E-state index contributed by atoms with van der Waals surface area (Å²) in [5, 5.41) is 0.215. The number of rotatable bonds is 1. The molecule has 0 amide bonds. The van der Waals surface area contributed by atoms with Gasteiger partial charge in [-0.05, 0) is 0 Å². The van der Waals surface area contributed by atoms with Crippen molar-refractivity contribution in [3.05, 3.63) is 40.7 Å². The lowest BCUT2D eigenvalue weighted by Gasteiger charge is -2.15. The van der Waals surface area contributed by atoms with Gasteiger partial charge in [0.25, 0.3) is 0 Å². The first kappa shape index (κ1) is 17.6. The quantitative estimate of drug-likeness (QED) is 0.273. The van der Waals surface area contributed by atoms with Crippen LogP contribution in [0.25, 0.3) is 10.8 Å². The van der Waals surface area contributed by atoms with Crippen LogP contribution in [0.3, 0.4) is 0 Å². The van der Waals surface area contributed by atoms with Crippen molar-refractivity contribution in [2.45, 2.75) is 0 Å². The number of benzene rings is 2. The zero-order valence-electron chi connectivity index (χ0n) is 9.96. The number of halogens is 7. The van der Waals surface area contributed by atoms with Crippen molar-refractivity contribution in [2.75, 3.05) is 7.11 Å². The summed E-state index contributed by atoms with van der Waals surface area (Å²) < 4.78 is 4.62. The number of methoxy groups -OCH3 is 1. The molecule has 21 heavy (non-hydrogen) atoms. The molecule has 2 rings (SSSR count). The molecule has 0 spiro atoms. The Labute approximate surface area is 154 Å². The molecule has 2 aromatic carbocycles. The van der Waals surface area contributed by atoms with Crippen LogP contribution in [0.4, 0.5) is 0 Å². The monoisotopic (exact) mass is 424 g/mol. The Kier molecular flexibility index (Phi) is 5.32. The van der Waals surface area contributed by atoms with Gasteiger partial charge in [0.2, 0.25) is 0 Å². The summed E-state index contributed by atoms with van der Waals surface area (Å²) >= 11 is 42.7. The maximum atomic E-state index is 11.8. The number of ether oxygens (including phenoxy) is 1. The molecule has 0 unspecified atom stereocenters. The smallest absolute Gasteiger partial charge is 0.340 e. The van der Waals surface area contributed by atoms with Gasteiger partial charge in [0.1, 0.15) is 0 Å². The van der Waals surface area contributed by atoms with E-state index >= 15 is 0 Å². The second-order valence-corrected chi connectivity index (χ2v) is 6.46. The minimum atomic E-state index is -0.771. The molecule has 2 nitrogen and oxygen atoms in total. The SMILES string of the molecule is COC(=O)c1c(Cl)c(Cl)c2c(Cl)c(Cl)c(Cl)c(Cl)c2c1Cl. The lowest BCUT2D eigenvalue weighted by atomic mass is 10.1. The average Bonchev–Trinajstić information content (AvgIpc) is 2.46. The van der Waals surface area contributed by atoms with Crippen LogP contribution in [0.2, 0.25) is 35.2 Å². The molecule has 0 aliphatic rings.